The minimum atomic E-state index is -0.244. The number of allylic oxidation sites excluding steroid dienone is 2. The molecule has 2 rings (SSSR count). The van der Waals surface area contributed by atoms with Gasteiger partial charge in [0.2, 0.25) is 5.91 Å². The molecule has 2 aliphatic rings. The third kappa shape index (κ3) is 3.32. The summed E-state index contributed by atoms with van der Waals surface area (Å²) in [5, 5.41) is 3.01. The Hall–Kier alpha value is -1.32. The van der Waals surface area contributed by atoms with Crippen LogP contribution in [0.1, 0.15) is 32.1 Å². The lowest BCUT2D eigenvalue weighted by atomic mass is 10.0. The average molecular weight is 237 g/mol. The number of methoxy groups -OCH3 is 1. The molecule has 4 heteroatoms. The van der Waals surface area contributed by atoms with Crippen LogP contribution in [-0.4, -0.2) is 25.0 Å². The molecule has 1 amide bonds. The van der Waals surface area contributed by atoms with Gasteiger partial charge in [-0.1, -0.05) is 12.2 Å². The number of hydrogen-bond acceptors (Lipinski definition) is 3. The van der Waals surface area contributed by atoms with Crippen molar-refractivity contribution in [2.75, 3.05) is 7.11 Å². The van der Waals surface area contributed by atoms with E-state index >= 15 is 0 Å². The Bertz CT molecular complexity index is 326. The van der Waals surface area contributed by atoms with Crippen molar-refractivity contribution in [1.29, 1.82) is 0 Å². The van der Waals surface area contributed by atoms with Crippen LogP contribution in [0.5, 0.6) is 0 Å². The minimum Gasteiger partial charge on any atom is -0.469 e. The van der Waals surface area contributed by atoms with Gasteiger partial charge >= 0.3 is 5.97 Å². The second-order valence-electron chi connectivity index (χ2n) is 4.87. The second-order valence-corrected chi connectivity index (χ2v) is 4.87. The predicted molar refractivity (Wildman–Crippen MR) is 63.2 cm³/mol. The Labute approximate surface area is 101 Å². The number of rotatable bonds is 5. The van der Waals surface area contributed by atoms with E-state index in [2.05, 4.69) is 10.1 Å². The molecule has 94 valence electrons. The maximum Gasteiger partial charge on any atom is 0.307 e. The molecule has 0 bridgehead atoms. The van der Waals surface area contributed by atoms with Gasteiger partial charge in [-0.25, -0.2) is 0 Å². The van der Waals surface area contributed by atoms with Gasteiger partial charge in [-0.2, -0.15) is 0 Å². The van der Waals surface area contributed by atoms with Crippen LogP contribution < -0.4 is 5.32 Å². The van der Waals surface area contributed by atoms with Crippen molar-refractivity contribution < 1.29 is 14.3 Å². The topological polar surface area (TPSA) is 55.4 Å². The third-order valence-electron chi connectivity index (χ3n) is 3.51. The number of hydrogen-bond donors (Lipinski definition) is 1. The number of ether oxygens (including phenoxy) is 1. The third-order valence-corrected chi connectivity index (χ3v) is 3.51. The molecule has 1 fully saturated rings. The Morgan fingerprint density at radius 3 is 2.53 bits per heavy atom. The van der Waals surface area contributed by atoms with E-state index in [1.54, 1.807) is 0 Å². The monoisotopic (exact) mass is 237 g/mol. The first-order chi connectivity index (χ1) is 8.20. The average Bonchev–Trinajstić information content (AvgIpc) is 3.02. The van der Waals surface area contributed by atoms with Gasteiger partial charge in [-0.15, -0.1) is 0 Å². The molecule has 0 radical (unpaired) electrons. The summed E-state index contributed by atoms with van der Waals surface area (Å²) in [6.45, 7) is 0. The van der Waals surface area contributed by atoms with Gasteiger partial charge < -0.3 is 10.1 Å². The van der Waals surface area contributed by atoms with Crippen molar-refractivity contribution in [3.63, 3.8) is 0 Å². The van der Waals surface area contributed by atoms with Crippen LogP contribution in [-0.2, 0) is 14.3 Å². The first kappa shape index (κ1) is 12.1. The van der Waals surface area contributed by atoms with Crippen molar-refractivity contribution in [3.8, 4) is 0 Å². The highest BCUT2D eigenvalue weighted by Crippen LogP contribution is 2.34. The van der Waals surface area contributed by atoms with Crippen molar-refractivity contribution in [1.82, 2.24) is 5.32 Å². The minimum absolute atomic E-state index is 0.0319. The summed E-state index contributed by atoms with van der Waals surface area (Å²) in [6.07, 6.45) is 8.22. The summed E-state index contributed by atoms with van der Waals surface area (Å²) in [5.74, 6) is 0.365. The van der Waals surface area contributed by atoms with Crippen LogP contribution >= 0.6 is 0 Å². The van der Waals surface area contributed by atoms with E-state index in [1.807, 2.05) is 12.2 Å². The van der Waals surface area contributed by atoms with Crippen LogP contribution in [0.2, 0.25) is 0 Å². The predicted octanol–water partition coefficient (Wildman–Crippen LogP) is 1.41. The highest BCUT2D eigenvalue weighted by molar-refractivity contribution is 5.80. The van der Waals surface area contributed by atoms with Crippen LogP contribution in [0.25, 0.3) is 0 Å². The summed E-state index contributed by atoms with van der Waals surface area (Å²) in [7, 11) is 1.38. The zero-order valence-electron chi connectivity index (χ0n) is 10.1. The number of carbonyl (C=O) groups excluding carboxylic acids is 2. The van der Waals surface area contributed by atoms with Crippen LogP contribution in [0, 0.1) is 11.8 Å². The molecule has 1 saturated carbocycles. The number of esters is 1. The zero-order valence-corrected chi connectivity index (χ0v) is 10.1. The molecule has 2 aliphatic carbocycles. The van der Waals surface area contributed by atoms with Crippen molar-refractivity contribution in [2.24, 2.45) is 11.8 Å². The molecule has 1 N–H and O–H groups in total. The number of carbonyl (C=O) groups is 2. The van der Waals surface area contributed by atoms with Crippen molar-refractivity contribution in [3.05, 3.63) is 12.2 Å². The Morgan fingerprint density at radius 1 is 1.35 bits per heavy atom. The number of nitrogens with one attached hydrogen (secondary N) is 1. The first-order valence-corrected chi connectivity index (χ1v) is 6.23. The SMILES string of the molecule is COC(=O)C[C@H](NC(=O)C1CC=CC1)C1CC1. The Kier molecular flexibility index (Phi) is 3.82. The smallest absolute Gasteiger partial charge is 0.307 e. The largest absolute Gasteiger partial charge is 0.469 e. The molecule has 0 aromatic carbocycles. The molecule has 4 nitrogen and oxygen atoms in total. The van der Waals surface area contributed by atoms with Crippen molar-refractivity contribution >= 4 is 11.9 Å². The van der Waals surface area contributed by atoms with E-state index in [1.165, 1.54) is 7.11 Å². The molecular weight excluding hydrogens is 218 g/mol. The molecule has 17 heavy (non-hydrogen) atoms. The van der Waals surface area contributed by atoms with Crippen LogP contribution in [0.3, 0.4) is 0 Å². The summed E-state index contributed by atoms with van der Waals surface area (Å²) >= 11 is 0. The van der Waals surface area contributed by atoms with E-state index in [0.29, 0.717) is 12.3 Å². The van der Waals surface area contributed by atoms with Gasteiger partial charge in [-0.3, -0.25) is 9.59 Å². The van der Waals surface area contributed by atoms with Gasteiger partial charge in [0, 0.05) is 12.0 Å². The highest BCUT2D eigenvalue weighted by Gasteiger charge is 2.35. The molecule has 0 aromatic heterocycles. The number of amides is 1. The van der Waals surface area contributed by atoms with Gasteiger partial charge in [0.25, 0.3) is 0 Å². The summed E-state index contributed by atoms with van der Waals surface area (Å²) < 4.78 is 4.66. The summed E-state index contributed by atoms with van der Waals surface area (Å²) in [4.78, 5) is 23.2. The maximum absolute atomic E-state index is 12.0. The summed E-state index contributed by atoms with van der Waals surface area (Å²) in [5.41, 5.74) is 0. The lowest BCUT2D eigenvalue weighted by molar-refractivity contribution is -0.141. The van der Waals surface area contributed by atoms with Gasteiger partial charge in [0.15, 0.2) is 0 Å². The molecule has 0 aromatic rings. The van der Waals surface area contributed by atoms with Gasteiger partial charge in [-0.05, 0) is 31.6 Å². The normalized spacial score (nSPS) is 21.2. The maximum atomic E-state index is 12.0. The highest BCUT2D eigenvalue weighted by atomic mass is 16.5. The van der Waals surface area contributed by atoms with Gasteiger partial charge in [0.1, 0.15) is 0 Å². The van der Waals surface area contributed by atoms with E-state index in [0.717, 1.165) is 25.7 Å². The first-order valence-electron chi connectivity index (χ1n) is 6.23. The van der Waals surface area contributed by atoms with Crippen LogP contribution in [0.4, 0.5) is 0 Å². The quantitative estimate of drug-likeness (QED) is 0.581. The lowest BCUT2D eigenvalue weighted by Crippen LogP contribution is -2.41. The van der Waals surface area contributed by atoms with E-state index in [9.17, 15) is 9.59 Å². The fourth-order valence-electron chi connectivity index (χ4n) is 2.23. The molecule has 0 aliphatic heterocycles. The molecule has 0 saturated heterocycles. The molecule has 0 spiro atoms. The van der Waals surface area contributed by atoms with E-state index < -0.39 is 0 Å². The Balaban J connectivity index is 1.84. The Morgan fingerprint density at radius 2 is 2.00 bits per heavy atom. The molecule has 1 atom stereocenters. The molecule has 0 heterocycles. The fourth-order valence-corrected chi connectivity index (χ4v) is 2.23. The van der Waals surface area contributed by atoms with Crippen molar-refractivity contribution in [2.45, 2.75) is 38.1 Å². The van der Waals surface area contributed by atoms with E-state index in [4.69, 9.17) is 0 Å². The van der Waals surface area contributed by atoms with Crippen LogP contribution in [0.15, 0.2) is 12.2 Å². The van der Waals surface area contributed by atoms with Gasteiger partial charge in [0.05, 0.1) is 13.5 Å². The fraction of sp³-hybridized carbons (Fsp3) is 0.692. The second kappa shape index (κ2) is 5.34. The molecular formula is C13H19NO3. The standard InChI is InChI=1S/C13H19NO3/c1-17-12(15)8-11(9-6-7-9)14-13(16)10-4-2-3-5-10/h2-3,9-11H,4-8H2,1H3,(H,14,16)/t11-/m0/s1. The lowest BCUT2D eigenvalue weighted by Gasteiger charge is -2.19. The summed E-state index contributed by atoms with van der Waals surface area (Å²) in [6, 6.07) is -0.0319. The molecule has 0 unspecified atom stereocenters. The zero-order chi connectivity index (χ0) is 12.3. The van der Waals surface area contributed by atoms with E-state index in [-0.39, 0.29) is 23.8 Å².